The van der Waals surface area contributed by atoms with E-state index in [9.17, 15) is 0 Å². The molecule has 2 heteroatoms. The van der Waals surface area contributed by atoms with Gasteiger partial charge in [-0.25, -0.2) is 0 Å². The molecule has 0 spiro atoms. The van der Waals surface area contributed by atoms with Crippen LogP contribution >= 0.6 is 0 Å². The smallest absolute Gasteiger partial charge is 0.157 e. The maximum Gasteiger partial charge on any atom is 0.157 e. The van der Waals surface area contributed by atoms with Crippen molar-refractivity contribution < 1.29 is 9.47 Å². The summed E-state index contributed by atoms with van der Waals surface area (Å²) in [7, 11) is 0. The zero-order valence-electron chi connectivity index (χ0n) is 11.2. The van der Waals surface area contributed by atoms with Gasteiger partial charge >= 0.3 is 0 Å². The third kappa shape index (κ3) is 3.34. The molecule has 0 atom stereocenters. The van der Waals surface area contributed by atoms with Crippen LogP contribution in [-0.2, 0) is 15.9 Å². The normalized spacial score (nSPS) is 16.8. The second kappa shape index (κ2) is 6.18. The Kier molecular flexibility index (Phi) is 4.11. The molecule has 2 nitrogen and oxygen atoms in total. The van der Waals surface area contributed by atoms with Gasteiger partial charge in [-0.15, -0.1) is 0 Å². The topological polar surface area (TPSA) is 18.5 Å². The van der Waals surface area contributed by atoms with E-state index in [0.29, 0.717) is 0 Å². The van der Waals surface area contributed by atoms with Crippen molar-refractivity contribution in [3.63, 3.8) is 0 Å². The highest BCUT2D eigenvalue weighted by molar-refractivity contribution is 5.82. The molecule has 19 heavy (non-hydrogen) atoms. The van der Waals surface area contributed by atoms with Crippen LogP contribution in [0.5, 0.6) is 0 Å². The highest BCUT2D eigenvalue weighted by atomic mass is 16.7. The van der Waals surface area contributed by atoms with Gasteiger partial charge in [0.05, 0.1) is 13.2 Å². The first kappa shape index (κ1) is 12.6. The minimum absolute atomic E-state index is 0.0224. The average Bonchev–Trinajstić information content (AvgIpc) is 2.48. The molecule has 0 aliphatic carbocycles. The lowest BCUT2D eigenvalue weighted by atomic mass is 10.0. The van der Waals surface area contributed by atoms with Gasteiger partial charge in [-0.2, -0.15) is 0 Å². The highest BCUT2D eigenvalue weighted by Gasteiger charge is 2.13. The van der Waals surface area contributed by atoms with Crippen molar-refractivity contribution in [3.8, 4) is 0 Å². The van der Waals surface area contributed by atoms with Crippen LogP contribution < -0.4 is 0 Å². The molecule has 1 fully saturated rings. The summed E-state index contributed by atoms with van der Waals surface area (Å²) in [6, 6.07) is 15.2. The third-order valence-corrected chi connectivity index (χ3v) is 3.62. The molecule has 0 radical (unpaired) electrons. The summed E-state index contributed by atoms with van der Waals surface area (Å²) in [5.41, 5.74) is 1.40. The van der Waals surface area contributed by atoms with E-state index in [1.54, 1.807) is 0 Å². The molecule has 1 saturated heterocycles. The third-order valence-electron chi connectivity index (χ3n) is 3.62. The van der Waals surface area contributed by atoms with Crippen LogP contribution in [0.15, 0.2) is 42.5 Å². The van der Waals surface area contributed by atoms with Gasteiger partial charge < -0.3 is 9.47 Å². The summed E-state index contributed by atoms with van der Waals surface area (Å²) in [5.74, 6) is 0. The fraction of sp³-hybridized carbons (Fsp3) is 0.412. The predicted octanol–water partition coefficient (Wildman–Crippen LogP) is 3.93. The molecule has 1 aliphatic heterocycles. The first-order valence-corrected chi connectivity index (χ1v) is 7.13. The molecule has 0 saturated carbocycles. The Morgan fingerprint density at radius 3 is 2.58 bits per heavy atom. The lowest BCUT2D eigenvalue weighted by molar-refractivity contribution is -0.181. The van der Waals surface area contributed by atoms with Crippen LogP contribution in [0.3, 0.4) is 0 Å². The van der Waals surface area contributed by atoms with E-state index in [1.165, 1.54) is 16.3 Å². The zero-order chi connectivity index (χ0) is 12.9. The molecule has 0 unspecified atom stereocenters. The summed E-state index contributed by atoms with van der Waals surface area (Å²) in [4.78, 5) is 0. The largest absolute Gasteiger partial charge is 0.353 e. The lowest BCUT2D eigenvalue weighted by Crippen LogP contribution is -2.24. The minimum Gasteiger partial charge on any atom is -0.353 e. The van der Waals surface area contributed by atoms with Crippen LogP contribution in [0.2, 0.25) is 0 Å². The Hall–Kier alpha value is -1.38. The van der Waals surface area contributed by atoms with E-state index in [4.69, 9.17) is 9.47 Å². The molecule has 2 aromatic rings. The number of fused-ring (bicyclic) bond motifs is 1. The van der Waals surface area contributed by atoms with E-state index in [-0.39, 0.29) is 6.29 Å². The quantitative estimate of drug-likeness (QED) is 0.825. The average molecular weight is 256 g/mol. The molecule has 0 aromatic heterocycles. The Morgan fingerprint density at radius 1 is 0.947 bits per heavy atom. The van der Waals surface area contributed by atoms with Gasteiger partial charge in [-0.3, -0.25) is 0 Å². The lowest BCUT2D eigenvalue weighted by Gasteiger charge is -2.23. The SMILES string of the molecule is c1ccc2cc(CCCC3OCCCO3)ccc2c1. The Bertz CT molecular complexity index is 530. The van der Waals surface area contributed by atoms with E-state index in [0.717, 1.165) is 38.9 Å². The summed E-state index contributed by atoms with van der Waals surface area (Å²) in [6.45, 7) is 1.70. The summed E-state index contributed by atoms with van der Waals surface area (Å²) < 4.78 is 11.1. The van der Waals surface area contributed by atoms with Gasteiger partial charge in [0.1, 0.15) is 0 Å². The fourth-order valence-electron chi connectivity index (χ4n) is 2.57. The van der Waals surface area contributed by atoms with Gasteiger partial charge in [0, 0.05) is 0 Å². The van der Waals surface area contributed by atoms with Crippen molar-refractivity contribution in [2.75, 3.05) is 13.2 Å². The van der Waals surface area contributed by atoms with Crippen LogP contribution in [0.4, 0.5) is 0 Å². The molecule has 3 rings (SSSR count). The van der Waals surface area contributed by atoms with Gasteiger partial charge in [-0.05, 0) is 42.0 Å². The maximum atomic E-state index is 5.56. The van der Waals surface area contributed by atoms with Crippen molar-refractivity contribution in [1.29, 1.82) is 0 Å². The fourth-order valence-corrected chi connectivity index (χ4v) is 2.57. The Labute approximate surface area is 114 Å². The molecule has 0 N–H and O–H groups in total. The summed E-state index contributed by atoms with van der Waals surface area (Å²) in [5, 5.41) is 2.63. The number of hydrogen-bond acceptors (Lipinski definition) is 2. The van der Waals surface area contributed by atoms with Crippen LogP contribution in [0.1, 0.15) is 24.8 Å². The maximum absolute atomic E-state index is 5.56. The number of aryl methyl sites for hydroxylation is 1. The number of rotatable bonds is 4. The van der Waals surface area contributed by atoms with Gasteiger partial charge in [0.2, 0.25) is 0 Å². The van der Waals surface area contributed by atoms with Crippen LogP contribution in [-0.4, -0.2) is 19.5 Å². The molecular weight excluding hydrogens is 236 g/mol. The highest BCUT2D eigenvalue weighted by Crippen LogP contribution is 2.18. The minimum atomic E-state index is 0.0224. The van der Waals surface area contributed by atoms with Gasteiger partial charge in [-0.1, -0.05) is 42.5 Å². The van der Waals surface area contributed by atoms with Crippen molar-refractivity contribution in [1.82, 2.24) is 0 Å². The van der Waals surface area contributed by atoms with Crippen LogP contribution in [0, 0.1) is 0 Å². The van der Waals surface area contributed by atoms with E-state index < -0.39 is 0 Å². The molecular formula is C17H20O2. The Morgan fingerprint density at radius 2 is 1.74 bits per heavy atom. The van der Waals surface area contributed by atoms with Crippen LogP contribution in [0.25, 0.3) is 10.8 Å². The molecule has 2 aromatic carbocycles. The molecule has 0 amide bonds. The van der Waals surface area contributed by atoms with Crippen molar-refractivity contribution in [2.24, 2.45) is 0 Å². The predicted molar refractivity (Wildman–Crippen MR) is 77.2 cm³/mol. The van der Waals surface area contributed by atoms with E-state index in [1.807, 2.05) is 0 Å². The first-order chi connectivity index (χ1) is 9.42. The monoisotopic (exact) mass is 256 g/mol. The second-order valence-electron chi connectivity index (χ2n) is 5.10. The number of ether oxygens (including phenoxy) is 2. The van der Waals surface area contributed by atoms with Gasteiger partial charge in [0.15, 0.2) is 6.29 Å². The summed E-state index contributed by atoms with van der Waals surface area (Å²) >= 11 is 0. The number of hydrogen-bond donors (Lipinski definition) is 0. The van der Waals surface area contributed by atoms with Gasteiger partial charge in [0.25, 0.3) is 0 Å². The van der Waals surface area contributed by atoms with Crippen molar-refractivity contribution in [2.45, 2.75) is 32.0 Å². The van der Waals surface area contributed by atoms with E-state index >= 15 is 0 Å². The van der Waals surface area contributed by atoms with E-state index in [2.05, 4.69) is 42.5 Å². The van der Waals surface area contributed by atoms with Crippen molar-refractivity contribution >= 4 is 10.8 Å². The second-order valence-corrected chi connectivity index (χ2v) is 5.10. The standard InChI is InChI=1S/C17H20O2/c1-2-7-16-13-14(9-10-15(16)6-1)5-3-8-17-18-11-4-12-19-17/h1-2,6-7,9-10,13,17H,3-5,8,11-12H2. The Balaban J connectivity index is 1.56. The number of benzene rings is 2. The molecule has 0 bridgehead atoms. The zero-order valence-corrected chi connectivity index (χ0v) is 11.2. The molecule has 1 heterocycles. The molecule has 100 valence electrons. The van der Waals surface area contributed by atoms with Crippen molar-refractivity contribution in [3.05, 3.63) is 48.0 Å². The molecule has 1 aliphatic rings. The first-order valence-electron chi connectivity index (χ1n) is 7.13. The summed E-state index contributed by atoms with van der Waals surface area (Å²) in [6.07, 6.45) is 4.25.